The summed E-state index contributed by atoms with van der Waals surface area (Å²) in [6.45, 7) is 6.73. The first kappa shape index (κ1) is 9.19. The van der Waals surface area contributed by atoms with Crippen molar-refractivity contribution >= 4 is 0 Å². The van der Waals surface area contributed by atoms with Gasteiger partial charge in [0.25, 0.3) is 0 Å². The highest BCUT2D eigenvalue weighted by Crippen LogP contribution is 2.10. The van der Waals surface area contributed by atoms with Crippen molar-refractivity contribution in [2.24, 2.45) is 5.92 Å². The van der Waals surface area contributed by atoms with E-state index in [-0.39, 0.29) is 0 Å². The summed E-state index contributed by atoms with van der Waals surface area (Å²) in [5.74, 6) is 0.518. The lowest BCUT2D eigenvalue weighted by atomic mass is 10.2. The quantitative estimate of drug-likeness (QED) is 0.734. The summed E-state index contributed by atoms with van der Waals surface area (Å²) < 4.78 is 1.75. The summed E-state index contributed by atoms with van der Waals surface area (Å²) in [4.78, 5) is 0. The highest BCUT2D eigenvalue weighted by molar-refractivity contribution is 4.97. The summed E-state index contributed by atoms with van der Waals surface area (Å²) in [7, 11) is 0. The molecule has 0 radical (unpaired) electrons. The van der Waals surface area contributed by atoms with E-state index in [9.17, 15) is 5.11 Å². The maximum atomic E-state index is 9.31. The number of nitrogens with zero attached hydrogens (tertiary/aromatic N) is 3. The van der Waals surface area contributed by atoms with E-state index >= 15 is 0 Å². The fraction of sp³-hybridized carbons (Fsp3) is 0.750. The number of aliphatic hydroxyl groups excluding tert-OH is 1. The van der Waals surface area contributed by atoms with E-state index in [2.05, 4.69) is 24.2 Å². The minimum absolute atomic E-state index is 0.487. The average molecular weight is 169 g/mol. The lowest BCUT2D eigenvalue weighted by molar-refractivity contribution is 0.185. The van der Waals surface area contributed by atoms with Crippen LogP contribution in [0, 0.1) is 5.92 Å². The van der Waals surface area contributed by atoms with Crippen LogP contribution in [0.15, 0.2) is 6.20 Å². The number of rotatable bonds is 3. The minimum Gasteiger partial charge on any atom is -0.387 e. The van der Waals surface area contributed by atoms with Crippen molar-refractivity contribution in [2.75, 3.05) is 0 Å². The molecule has 0 aliphatic carbocycles. The molecular weight excluding hydrogens is 154 g/mol. The monoisotopic (exact) mass is 169 g/mol. The van der Waals surface area contributed by atoms with Gasteiger partial charge in [0, 0.05) is 6.54 Å². The van der Waals surface area contributed by atoms with Gasteiger partial charge in [0.2, 0.25) is 0 Å². The van der Waals surface area contributed by atoms with Gasteiger partial charge in [0.1, 0.15) is 0 Å². The SMILES string of the molecule is CC(C)Cn1nncc1[C@@H](C)O. The van der Waals surface area contributed by atoms with E-state index in [1.54, 1.807) is 17.8 Å². The second kappa shape index (κ2) is 3.67. The van der Waals surface area contributed by atoms with Gasteiger partial charge in [-0.3, -0.25) is 0 Å². The van der Waals surface area contributed by atoms with Gasteiger partial charge in [-0.25, -0.2) is 4.68 Å². The zero-order chi connectivity index (χ0) is 9.14. The van der Waals surface area contributed by atoms with Gasteiger partial charge in [-0.1, -0.05) is 19.1 Å². The highest BCUT2D eigenvalue weighted by atomic mass is 16.3. The fourth-order valence-corrected chi connectivity index (χ4v) is 1.08. The first-order valence-corrected chi connectivity index (χ1v) is 4.17. The molecule has 0 aromatic carbocycles. The standard InChI is InChI=1S/C8H15N3O/c1-6(2)5-11-8(7(3)12)4-9-10-11/h4,6-7,12H,5H2,1-3H3/t7-/m1/s1. The molecule has 0 unspecified atom stereocenters. The van der Waals surface area contributed by atoms with E-state index in [4.69, 9.17) is 0 Å². The van der Waals surface area contributed by atoms with Gasteiger partial charge in [-0.05, 0) is 12.8 Å². The van der Waals surface area contributed by atoms with Crippen LogP contribution in [0.4, 0.5) is 0 Å². The lowest BCUT2D eigenvalue weighted by Crippen LogP contribution is -2.11. The predicted octanol–water partition coefficient (Wildman–Crippen LogP) is 0.987. The summed E-state index contributed by atoms with van der Waals surface area (Å²) in [5.41, 5.74) is 0.781. The van der Waals surface area contributed by atoms with E-state index in [0.717, 1.165) is 12.2 Å². The van der Waals surface area contributed by atoms with Crippen LogP contribution >= 0.6 is 0 Å². The first-order valence-electron chi connectivity index (χ1n) is 4.17. The van der Waals surface area contributed by atoms with Crippen LogP contribution in [0.1, 0.15) is 32.6 Å². The maximum Gasteiger partial charge on any atom is 0.0945 e. The Bertz CT molecular complexity index is 242. The first-order chi connectivity index (χ1) is 5.61. The van der Waals surface area contributed by atoms with Gasteiger partial charge in [0.15, 0.2) is 0 Å². The summed E-state index contributed by atoms with van der Waals surface area (Å²) in [6, 6.07) is 0. The molecule has 4 heteroatoms. The van der Waals surface area contributed by atoms with Crippen molar-refractivity contribution in [3.05, 3.63) is 11.9 Å². The molecule has 1 rings (SSSR count). The second-order valence-corrected chi connectivity index (χ2v) is 3.41. The fourth-order valence-electron chi connectivity index (χ4n) is 1.08. The van der Waals surface area contributed by atoms with Crippen LogP contribution in [0.3, 0.4) is 0 Å². The van der Waals surface area contributed by atoms with E-state index in [0.29, 0.717) is 5.92 Å². The number of aliphatic hydroxyl groups is 1. The number of aromatic nitrogens is 3. The molecule has 4 nitrogen and oxygen atoms in total. The molecule has 1 aromatic heterocycles. The largest absolute Gasteiger partial charge is 0.387 e. The Morgan fingerprint density at radius 1 is 1.50 bits per heavy atom. The molecule has 0 fully saturated rings. The van der Waals surface area contributed by atoms with E-state index in [1.807, 2.05) is 0 Å². The minimum atomic E-state index is -0.487. The van der Waals surface area contributed by atoms with Crippen LogP contribution < -0.4 is 0 Å². The van der Waals surface area contributed by atoms with Gasteiger partial charge in [-0.2, -0.15) is 0 Å². The molecule has 1 N–H and O–H groups in total. The van der Waals surface area contributed by atoms with Crippen molar-refractivity contribution in [1.82, 2.24) is 15.0 Å². The lowest BCUT2D eigenvalue weighted by Gasteiger charge is -2.09. The third-order valence-electron chi connectivity index (χ3n) is 1.61. The molecule has 0 bridgehead atoms. The molecule has 0 aliphatic rings. The molecule has 12 heavy (non-hydrogen) atoms. The number of hydrogen-bond acceptors (Lipinski definition) is 3. The molecule has 1 aromatic rings. The normalized spacial score (nSPS) is 13.8. The summed E-state index contributed by atoms with van der Waals surface area (Å²) in [5, 5.41) is 16.9. The molecule has 0 saturated carbocycles. The summed E-state index contributed by atoms with van der Waals surface area (Å²) in [6.07, 6.45) is 1.12. The molecule has 0 saturated heterocycles. The Kier molecular flexibility index (Phi) is 2.81. The van der Waals surface area contributed by atoms with Crippen LogP contribution in [0.25, 0.3) is 0 Å². The Morgan fingerprint density at radius 3 is 2.67 bits per heavy atom. The van der Waals surface area contributed by atoms with Crippen molar-refractivity contribution < 1.29 is 5.11 Å². The maximum absolute atomic E-state index is 9.31. The molecule has 1 heterocycles. The second-order valence-electron chi connectivity index (χ2n) is 3.41. The third-order valence-corrected chi connectivity index (χ3v) is 1.61. The zero-order valence-corrected chi connectivity index (χ0v) is 7.73. The Morgan fingerprint density at radius 2 is 2.17 bits per heavy atom. The Balaban J connectivity index is 2.77. The molecule has 1 atom stereocenters. The van der Waals surface area contributed by atoms with E-state index in [1.165, 1.54) is 0 Å². The third kappa shape index (κ3) is 2.04. The van der Waals surface area contributed by atoms with Crippen LogP contribution in [-0.4, -0.2) is 20.1 Å². The van der Waals surface area contributed by atoms with Crippen molar-refractivity contribution in [3.8, 4) is 0 Å². The molecule has 68 valence electrons. The van der Waals surface area contributed by atoms with Crippen LogP contribution in [0.2, 0.25) is 0 Å². The predicted molar refractivity (Wildman–Crippen MR) is 45.5 cm³/mol. The van der Waals surface area contributed by atoms with Crippen molar-refractivity contribution in [3.63, 3.8) is 0 Å². The zero-order valence-electron chi connectivity index (χ0n) is 7.73. The smallest absolute Gasteiger partial charge is 0.0945 e. The van der Waals surface area contributed by atoms with Crippen LogP contribution in [-0.2, 0) is 6.54 Å². The van der Waals surface area contributed by atoms with Gasteiger partial charge < -0.3 is 5.11 Å². The van der Waals surface area contributed by atoms with Gasteiger partial charge in [0.05, 0.1) is 18.0 Å². The number of hydrogen-bond donors (Lipinski definition) is 1. The average Bonchev–Trinajstić information content (AvgIpc) is 2.33. The highest BCUT2D eigenvalue weighted by Gasteiger charge is 2.09. The van der Waals surface area contributed by atoms with Gasteiger partial charge >= 0.3 is 0 Å². The Hall–Kier alpha value is -0.900. The topological polar surface area (TPSA) is 50.9 Å². The Labute approximate surface area is 72.2 Å². The van der Waals surface area contributed by atoms with Crippen molar-refractivity contribution in [2.45, 2.75) is 33.4 Å². The van der Waals surface area contributed by atoms with E-state index < -0.39 is 6.10 Å². The van der Waals surface area contributed by atoms with Crippen LogP contribution in [0.5, 0.6) is 0 Å². The molecule has 0 amide bonds. The molecular formula is C8H15N3O. The molecule has 0 aliphatic heterocycles. The molecule has 0 spiro atoms. The van der Waals surface area contributed by atoms with Crippen molar-refractivity contribution in [1.29, 1.82) is 0 Å². The summed E-state index contributed by atoms with van der Waals surface area (Å²) >= 11 is 0. The van der Waals surface area contributed by atoms with Gasteiger partial charge in [-0.15, -0.1) is 5.10 Å².